The minimum absolute atomic E-state index is 0.151. The zero-order valence-corrected chi connectivity index (χ0v) is 11.6. The molecule has 4 nitrogen and oxygen atoms in total. The molecule has 0 aliphatic rings. The van der Waals surface area contributed by atoms with Crippen LogP contribution in [0.3, 0.4) is 0 Å². The first-order valence-corrected chi connectivity index (χ1v) is 6.51. The van der Waals surface area contributed by atoms with Gasteiger partial charge in [0.05, 0.1) is 0 Å². The van der Waals surface area contributed by atoms with E-state index >= 15 is 0 Å². The Hall–Kier alpha value is -1.79. The van der Waals surface area contributed by atoms with Crippen LogP contribution in [-0.2, 0) is 6.18 Å². The number of nitrogens with one attached hydrogen (secondary N) is 1. The predicted molar refractivity (Wildman–Crippen MR) is 70.5 cm³/mol. The SMILES string of the molecule is CCC(Nc1nccn2nc(C(F)(F)F)cc12)C(C)C. The minimum Gasteiger partial charge on any atom is -0.365 e. The molecular weight excluding hydrogens is 269 g/mol. The van der Waals surface area contributed by atoms with Crippen molar-refractivity contribution in [2.45, 2.75) is 39.4 Å². The lowest BCUT2D eigenvalue weighted by Gasteiger charge is -2.21. The number of rotatable bonds is 4. The summed E-state index contributed by atoms with van der Waals surface area (Å²) in [5.74, 6) is 0.781. The van der Waals surface area contributed by atoms with E-state index in [1.807, 2.05) is 6.92 Å². The third-order valence-electron chi connectivity index (χ3n) is 3.25. The number of halogens is 3. The molecule has 2 aromatic rings. The second kappa shape index (κ2) is 5.30. The molecule has 20 heavy (non-hydrogen) atoms. The summed E-state index contributed by atoms with van der Waals surface area (Å²) >= 11 is 0. The van der Waals surface area contributed by atoms with Crippen molar-refractivity contribution in [2.24, 2.45) is 5.92 Å². The lowest BCUT2D eigenvalue weighted by Crippen LogP contribution is -2.25. The smallest absolute Gasteiger partial charge is 0.365 e. The topological polar surface area (TPSA) is 42.2 Å². The van der Waals surface area contributed by atoms with Gasteiger partial charge in [0.25, 0.3) is 0 Å². The standard InChI is InChI=1S/C13H17F3N4/c1-4-9(8(2)3)18-12-10-7-11(13(14,15)16)19-20(10)6-5-17-12/h5-9H,4H2,1-3H3,(H,17,18). The van der Waals surface area contributed by atoms with Crippen molar-refractivity contribution >= 4 is 11.3 Å². The Morgan fingerprint density at radius 1 is 1.35 bits per heavy atom. The molecule has 0 aromatic carbocycles. The Labute approximate surface area is 115 Å². The number of hydrogen-bond donors (Lipinski definition) is 1. The van der Waals surface area contributed by atoms with Crippen LogP contribution in [0, 0.1) is 5.92 Å². The Balaban J connectivity index is 2.41. The molecule has 110 valence electrons. The molecule has 0 bridgehead atoms. The molecule has 0 aliphatic heterocycles. The fourth-order valence-corrected chi connectivity index (χ4v) is 2.09. The zero-order valence-electron chi connectivity index (χ0n) is 11.6. The van der Waals surface area contributed by atoms with Gasteiger partial charge in [-0.25, -0.2) is 9.50 Å². The van der Waals surface area contributed by atoms with Crippen LogP contribution < -0.4 is 5.32 Å². The van der Waals surface area contributed by atoms with Crippen LogP contribution in [0.4, 0.5) is 19.0 Å². The van der Waals surface area contributed by atoms with Gasteiger partial charge in [-0.1, -0.05) is 20.8 Å². The Bertz CT molecular complexity index is 589. The molecule has 0 aliphatic carbocycles. The molecule has 7 heteroatoms. The highest BCUT2D eigenvalue weighted by Crippen LogP contribution is 2.30. The van der Waals surface area contributed by atoms with E-state index in [2.05, 4.69) is 29.2 Å². The Morgan fingerprint density at radius 2 is 2.05 bits per heavy atom. The quantitative estimate of drug-likeness (QED) is 0.934. The molecule has 0 spiro atoms. The first-order valence-electron chi connectivity index (χ1n) is 6.51. The maximum Gasteiger partial charge on any atom is 0.435 e. The van der Waals surface area contributed by atoms with Gasteiger partial charge in [0, 0.05) is 24.5 Å². The van der Waals surface area contributed by atoms with Crippen molar-refractivity contribution in [1.29, 1.82) is 0 Å². The van der Waals surface area contributed by atoms with Gasteiger partial charge < -0.3 is 5.32 Å². The number of fused-ring (bicyclic) bond motifs is 1. The molecule has 0 amide bonds. The van der Waals surface area contributed by atoms with Gasteiger partial charge in [-0.15, -0.1) is 0 Å². The van der Waals surface area contributed by atoms with E-state index < -0.39 is 11.9 Å². The monoisotopic (exact) mass is 286 g/mol. The van der Waals surface area contributed by atoms with E-state index in [0.29, 0.717) is 17.3 Å². The van der Waals surface area contributed by atoms with Gasteiger partial charge >= 0.3 is 6.18 Å². The summed E-state index contributed by atoms with van der Waals surface area (Å²) in [5.41, 5.74) is -0.579. The average Bonchev–Trinajstić information content (AvgIpc) is 2.79. The third kappa shape index (κ3) is 2.86. The predicted octanol–water partition coefficient (Wildman–Crippen LogP) is 3.59. The van der Waals surface area contributed by atoms with Gasteiger partial charge in [-0.05, 0) is 12.3 Å². The van der Waals surface area contributed by atoms with Crippen LogP contribution in [0.5, 0.6) is 0 Å². The summed E-state index contributed by atoms with van der Waals surface area (Å²) in [6.07, 6.45) is -0.742. The maximum absolute atomic E-state index is 12.7. The summed E-state index contributed by atoms with van der Waals surface area (Å²) < 4.78 is 39.3. The number of hydrogen-bond acceptors (Lipinski definition) is 3. The lowest BCUT2D eigenvalue weighted by molar-refractivity contribution is -0.141. The number of alkyl halides is 3. The van der Waals surface area contributed by atoms with Crippen LogP contribution in [0.15, 0.2) is 18.5 Å². The Kier molecular flexibility index (Phi) is 3.87. The van der Waals surface area contributed by atoms with Crippen molar-refractivity contribution in [3.05, 3.63) is 24.2 Å². The molecule has 2 aromatic heterocycles. The van der Waals surface area contributed by atoms with Gasteiger partial charge in [-0.2, -0.15) is 18.3 Å². The zero-order chi connectivity index (χ0) is 14.9. The highest BCUT2D eigenvalue weighted by molar-refractivity contribution is 5.68. The highest BCUT2D eigenvalue weighted by atomic mass is 19.4. The van der Waals surface area contributed by atoms with E-state index in [9.17, 15) is 13.2 Å². The number of anilines is 1. The van der Waals surface area contributed by atoms with Crippen molar-refractivity contribution in [3.63, 3.8) is 0 Å². The molecule has 2 heterocycles. The lowest BCUT2D eigenvalue weighted by atomic mass is 10.0. The fourth-order valence-electron chi connectivity index (χ4n) is 2.09. The minimum atomic E-state index is -4.45. The van der Waals surface area contributed by atoms with Crippen LogP contribution in [0.25, 0.3) is 5.52 Å². The largest absolute Gasteiger partial charge is 0.435 e. The van der Waals surface area contributed by atoms with Crippen LogP contribution in [-0.4, -0.2) is 20.6 Å². The fraction of sp³-hybridized carbons (Fsp3) is 0.538. The van der Waals surface area contributed by atoms with Crippen molar-refractivity contribution < 1.29 is 13.2 Å². The molecule has 2 rings (SSSR count). The van der Waals surface area contributed by atoms with E-state index in [4.69, 9.17) is 0 Å². The molecule has 0 saturated heterocycles. The normalized spacial score (nSPS) is 13.9. The van der Waals surface area contributed by atoms with Gasteiger partial charge in [0.2, 0.25) is 0 Å². The first-order chi connectivity index (χ1) is 9.32. The van der Waals surface area contributed by atoms with Gasteiger partial charge in [0.1, 0.15) is 5.52 Å². The molecule has 0 saturated carbocycles. The summed E-state index contributed by atoms with van der Waals surface area (Å²) in [5, 5.41) is 6.73. The summed E-state index contributed by atoms with van der Waals surface area (Å²) in [6.45, 7) is 6.13. The van der Waals surface area contributed by atoms with E-state index in [1.165, 1.54) is 16.9 Å². The molecule has 1 atom stereocenters. The van der Waals surface area contributed by atoms with Crippen LogP contribution >= 0.6 is 0 Å². The summed E-state index contributed by atoms with van der Waals surface area (Å²) in [7, 11) is 0. The first kappa shape index (κ1) is 14.6. The van der Waals surface area contributed by atoms with Gasteiger partial charge in [0.15, 0.2) is 11.5 Å². The van der Waals surface area contributed by atoms with E-state index in [0.717, 1.165) is 12.5 Å². The number of nitrogens with zero attached hydrogens (tertiary/aromatic N) is 3. The summed E-state index contributed by atoms with van der Waals surface area (Å²) in [4.78, 5) is 4.13. The van der Waals surface area contributed by atoms with Crippen molar-refractivity contribution in [2.75, 3.05) is 5.32 Å². The molecule has 1 unspecified atom stereocenters. The molecule has 0 fully saturated rings. The second-order valence-corrected chi connectivity index (χ2v) is 5.04. The van der Waals surface area contributed by atoms with E-state index in [1.54, 1.807) is 0 Å². The van der Waals surface area contributed by atoms with Crippen LogP contribution in [0.1, 0.15) is 32.9 Å². The van der Waals surface area contributed by atoms with E-state index in [-0.39, 0.29) is 6.04 Å². The summed E-state index contributed by atoms with van der Waals surface area (Å²) in [6, 6.07) is 1.17. The highest BCUT2D eigenvalue weighted by Gasteiger charge is 2.34. The second-order valence-electron chi connectivity index (χ2n) is 5.04. The molecular formula is C13H17F3N4. The van der Waals surface area contributed by atoms with Crippen LogP contribution in [0.2, 0.25) is 0 Å². The van der Waals surface area contributed by atoms with Crippen molar-refractivity contribution in [1.82, 2.24) is 14.6 Å². The van der Waals surface area contributed by atoms with Crippen molar-refractivity contribution in [3.8, 4) is 0 Å². The number of aromatic nitrogens is 3. The molecule has 0 radical (unpaired) electrons. The average molecular weight is 286 g/mol. The third-order valence-corrected chi connectivity index (χ3v) is 3.25. The maximum atomic E-state index is 12.7. The van der Waals surface area contributed by atoms with Gasteiger partial charge in [-0.3, -0.25) is 0 Å². The Morgan fingerprint density at radius 3 is 2.60 bits per heavy atom. The molecule has 1 N–H and O–H groups in total.